The van der Waals surface area contributed by atoms with E-state index in [0.29, 0.717) is 6.54 Å². The molecule has 0 amide bonds. The lowest BCUT2D eigenvalue weighted by Gasteiger charge is -2.16. The zero-order chi connectivity index (χ0) is 13.3. The second kappa shape index (κ2) is 4.86. The van der Waals surface area contributed by atoms with Gasteiger partial charge in [0.15, 0.2) is 0 Å². The molecular weight excluding hydrogens is 222 g/mol. The number of aromatic nitrogens is 2. The molecule has 0 spiro atoms. The number of aryl methyl sites for hydroxylation is 2. The number of hydrogen-bond acceptors (Lipinski definition) is 3. The highest BCUT2D eigenvalue weighted by Gasteiger charge is 2.14. The summed E-state index contributed by atoms with van der Waals surface area (Å²) in [5, 5.41) is 0. The third-order valence-electron chi connectivity index (χ3n) is 3.57. The Morgan fingerprint density at radius 1 is 0.944 bits per heavy atom. The summed E-state index contributed by atoms with van der Waals surface area (Å²) >= 11 is 0. The van der Waals surface area contributed by atoms with Crippen molar-refractivity contribution in [2.45, 2.75) is 34.2 Å². The molecule has 0 saturated heterocycles. The van der Waals surface area contributed by atoms with Gasteiger partial charge in [-0.25, -0.2) is 0 Å². The van der Waals surface area contributed by atoms with Crippen LogP contribution in [0.1, 0.15) is 27.9 Å². The fourth-order valence-corrected chi connectivity index (χ4v) is 2.30. The Labute approximate surface area is 108 Å². The molecule has 2 aromatic rings. The molecule has 18 heavy (non-hydrogen) atoms. The van der Waals surface area contributed by atoms with Crippen LogP contribution in [0.5, 0.6) is 0 Å². The van der Waals surface area contributed by atoms with Crippen LogP contribution in [-0.4, -0.2) is 9.97 Å². The summed E-state index contributed by atoms with van der Waals surface area (Å²) < 4.78 is 0. The van der Waals surface area contributed by atoms with Crippen LogP contribution in [-0.2, 0) is 6.54 Å². The molecule has 1 heterocycles. The molecule has 2 rings (SSSR count). The molecule has 3 heteroatoms. The second-order valence-corrected chi connectivity index (χ2v) is 4.69. The number of rotatable bonds is 2. The van der Waals surface area contributed by atoms with E-state index in [0.717, 1.165) is 11.4 Å². The lowest BCUT2D eigenvalue weighted by Crippen LogP contribution is -2.06. The fourth-order valence-electron chi connectivity index (χ4n) is 2.30. The number of hydrogen-bond donors (Lipinski definition) is 1. The summed E-state index contributed by atoms with van der Waals surface area (Å²) in [5.41, 5.74) is 13.8. The van der Waals surface area contributed by atoms with E-state index in [2.05, 4.69) is 43.7 Å². The molecule has 0 aliphatic heterocycles. The number of nitrogens with zero attached hydrogens (tertiary/aromatic N) is 2. The molecule has 0 radical (unpaired) electrons. The molecule has 0 bridgehead atoms. The van der Waals surface area contributed by atoms with Crippen molar-refractivity contribution >= 4 is 0 Å². The van der Waals surface area contributed by atoms with Crippen molar-refractivity contribution < 1.29 is 0 Å². The number of benzene rings is 1. The molecule has 1 aromatic carbocycles. The molecule has 2 N–H and O–H groups in total. The lowest BCUT2D eigenvalue weighted by molar-refractivity contribution is 0.966. The molecule has 0 aliphatic rings. The Balaban J connectivity index is 2.78. The lowest BCUT2D eigenvalue weighted by atomic mass is 9.91. The molecule has 0 saturated carbocycles. The van der Waals surface area contributed by atoms with E-state index >= 15 is 0 Å². The molecule has 3 nitrogen and oxygen atoms in total. The van der Waals surface area contributed by atoms with Crippen molar-refractivity contribution in [2.75, 3.05) is 0 Å². The van der Waals surface area contributed by atoms with E-state index in [4.69, 9.17) is 5.73 Å². The van der Waals surface area contributed by atoms with Gasteiger partial charge in [-0.1, -0.05) is 6.07 Å². The zero-order valence-electron chi connectivity index (χ0n) is 11.4. The van der Waals surface area contributed by atoms with Gasteiger partial charge < -0.3 is 5.73 Å². The molecule has 0 atom stereocenters. The van der Waals surface area contributed by atoms with E-state index < -0.39 is 0 Å². The molecule has 94 valence electrons. The van der Waals surface area contributed by atoms with E-state index in [-0.39, 0.29) is 0 Å². The standard InChI is InChI=1S/C15H19N3/c1-9-7-10(2)12(4)14(11(9)3)15-13(8-16)17-5-6-18-15/h5-7H,8,16H2,1-4H3. The SMILES string of the molecule is Cc1cc(C)c(C)c(-c2nccnc2CN)c1C. The maximum absolute atomic E-state index is 5.76. The Morgan fingerprint density at radius 2 is 1.50 bits per heavy atom. The summed E-state index contributed by atoms with van der Waals surface area (Å²) in [6, 6.07) is 2.21. The second-order valence-electron chi connectivity index (χ2n) is 4.69. The zero-order valence-corrected chi connectivity index (χ0v) is 11.4. The van der Waals surface area contributed by atoms with E-state index in [1.165, 1.54) is 27.8 Å². The first-order chi connectivity index (χ1) is 8.56. The maximum atomic E-state index is 5.76. The van der Waals surface area contributed by atoms with E-state index in [9.17, 15) is 0 Å². The van der Waals surface area contributed by atoms with Gasteiger partial charge in [-0.3, -0.25) is 9.97 Å². The largest absolute Gasteiger partial charge is 0.325 e. The van der Waals surface area contributed by atoms with Crippen molar-refractivity contribution in [3.05, 3.63) is 46.4 Å². The highest BCUT2D eigenvalue weighted by atomic mass is 14.8. The minimum atomic E-state index is 0.412. The first-order valence-electron chi connectivity index (χ1n) is 6.14. The van der Waals surface area contributed by atoms with Gasteiger partial charge in [0.2, 0.25) is 0 Å². The summed E-state index contributed by atoms with van der Waals surface area (Å²) in [4.78, 5) is 8.81. The highest BCUT2D eigenvalue weighted by molar-refractivity contribution is 5.72. The van der Waals surface area contributed by atoms with Crippen LogP contribution < -0.4 is 5.73 Å². The van der Waals surface area contributed by atoms with E-state index in [1.807, 2.05) is 0 Å². The summed E-state index contributed by atoms with van der Waals surface area (Å²) in [6.07, 6.45) is 3.42. The van der Waals surface area contributed by atoms with Crippen molar-refractivity contribution in [3.63, 3.8) is 0 Å². The van der Waals surface area contributed by atoms with Gasteiger partial charge in [0.05, 0.1) is 11.4 Å². The van der Waals surface area contributed by atoms with Crippen molar-refractivity contribution in [3.8, 4) is 11.3 Å². The molecule has 0 fully saturated rings. The predicted octanol–water partition coefficient (Wildman–Crippen LogP) is 2.84. The van der Waals surface area contributed by atoms with E-state index in [1.54, 1.807) is 12.4 Å². The molecular formula is C15H19N3. The van der Waals surface area contributed by atoms with Crippen LogP contribution in [0.2, 0.25) is 0 Å². The maximum Gasteiger partial charge on any atom is 0.0936 e. The van der Waals surface area contributed by atoms with Gasteiger partial charge in [-0.2, -0.15) is 0 Å². The summed E-state index contributed by atoms with van der Waals surface area (Å²) in [5.74, 6) is 0. The average Bonchev–Trinajstić information content (AvgIpc) is 2.37. The normalized spacial score (nSPS) is 10.7. The van der Waals surface area contributed by atoms with Crippen molar-refractivity contribution in [1.29, 1.82) is 0 Å². The van der Waals surface area contributed by atoms with Crippen molar-refractivity contribution in [2.24, 2.45) is 5.73 Å². The van der Waals surface area contributed by atoms with Gasteiger partial charge in [0, 0.05) is 24.5 Å². The van der Waals surface area contributed by atoms with Gasteiger partial charge in [0.25, 0.3) is 0 Å². The number of nitrogens with two attached hydrogens (primary N) is 1. The van der Waals surface area contributed by atoms with Gasteiger partial charge in [0.1, 0.15) is 0 Å². The third kappa shape index (κ3) is 2.02. The quantitative estimate of drug-likeness (QED) is 0.879. The topological polar surface area (TPSA) is 51.8 Å². The van der Waals surface area contributed by atoms with Gasteiger partial charge >= 0.3 is 0 Å². The minimum absolute atomic E-state index is 0.412. The Kier molecular flexibility index (Phi) is 3.43. The first kappa shape index (κ1) is 12.7. The van der Waals surface area contributed by atoms with Crippen molar-refractivity contribution in [1.82, 2.24) is 9.97 Å². The average molecular weight is 241 g/mol. The summed E-state index contributed by atoms with van der Waals surface area (Å²) in [7, 11) is 0. The van der Waals surface area contributed by atoms with Crippen LogP contribution in [0.15, 0.2) is 18.5 Å². The van der Waals surface area contributed by atoms with Crippen LogP contribution in [0.4, 0.5) is 0 Å². The van der Waals surface area contributed by atoms with Crippen LogP contribution in [0.3, 0.4) is 0 Å². The van der Waals surface area contributed by atoms with Gasteiger partial charge in [-0.05, 0) is 49.9 Å². The fraction of sp³-hybridized carbons (Fsp3) is 0.333. The van der Waals surface area contributed by atoms with Crippen LogP contribution in [0, 0.1) is 27.7 Å². The third-order valence-corrected chi connectivity index (χ3v) is 3.57. The summed E-state index contributed by atoms with van der Waals surface area (Å²) in [6.45, 7) is 8.93. The van der Waals surface area contributed by atoms with Gasteiger partial charge in [-0.15, -0.1) is 0 Å². The Morgan fingerprint density at radius 3 is 2.06 bits per heavy atom. The molecule has 0 aliphatic carbocycles. The first-order valence-corrected chi connectivity index (χ1v) is 6.14. The Bertz CT molecular complexity index is 562. The van der Waals surface area contributed by atoms with Crippen LogP contribution in [0.25, 0.3) is 11.3 Å². The molecule has 0 unspecified atom stereocenters. The predicted molar refractivity (Wildman–Crippen MR) is 74.3 cm³/mol. The monoisotopic (exact) mass is 241 g/mol. The Hall–Kier alpha value is -1.74. The molecule has 1 aromatic heterocycles. The smallest absolute Gasteiger partial charge is 0.0936 e. The minimum Gasteiger partial charge on any atom is -0.325 e. The van der Waals surface area contributed by atoms with Crippen LogP contribution >= 0.6 is 0 Å². The highest BCUT2D eigenvalue weighted by Crippen LogP contribution is 2.31.